The van der Waals surface area contributed by atoms with Crippen LogP contribution in [-0.4, -0.2) is 28.6 Å². The SMILES string of the molecule is O=C(O)/C=C/N1CCC[C@H]2CCCC[C@H]21. The van der Waals surface area contributed by atoms with Crippen LogP contribution in [0.2, 0.25) is 0 Å². The van der Waals surface area contributed by atoms with Gasteiger partial charge in [-0.15, -0.1) is 0 Å². The van der Waals surface area contributed by atoms with Gasteiger partial charge in [0.15, 0.2) is 0 Å². The van der Waals surface area contributed by atoms with Crippen molar-refractivity contribution in [2.75, 3.05) is 6.54 Å². The normalized spacial score (nSPS) is 31.6. The lowest BCUT2D eigenvalue weighted by Crippen LogP contribution is -2.43. The fraction of sp³-hybridized carbons (Fsp3) is 0.750. The minimum absolute atomic E-state index is 0.614. The summed E-state index contributed by atoms with van der Waals surface area (Å²) in [7, 11) is 0. The highest BCUT2D eigenvalue weighted by Crippen LogP contribution is 2.35. The third kappa shape index (κ3) is 2.52. The van der Waals surface area contributed by atoms with Gasteiger partial charge >= 0.3 is 5.97 Å². The molecule has 2 atom stereocenters. The molecule has 0 aromatic heterocycles. The molecule has 2 rings (SSSR count). The fourth-order valence-corrected chi connectivity index (χ4v) is 3.01. The van der Waals surface area contributed by atoms with Gasteiger partial charge in [-0.1, -0.05) is 12.8 Å². The second-order valence-electron chi connectivity index (χ2n) is 4.65. The summed E-state index contributed by atoms with van der Waals surface area (Å²) in [5.74, 6) is -0.0288. The first-order valence-corrected chi connectivity index (χ1v) is 5.94. The number of carboxylic acids is 1. The number of carbonyl (C=O) groups is 1. The molecule has 0 radical (unpaired) electrons. The van der Waals surface area contributed by atoms with Crippen molar-refractivity contribution < 1.29 is 9.90 Å². The van der Waals surface area contributed by atoms with Crippen LogP contribution in [0, 0.1) is 5.92 Å². The van der Waals surface area contributed by atoms with Gasteiger partial charge < -0.3 is 10.0 Å². The number of fused-ring (bicyclic) bond motifs is 1. The van der Waals surface area contributed by atoms with Crippen LogP contribution in [0.1, 0.15) is 38.5 Å². The van der Waals surface area contributed by atoms with Gasteiger partial charge in [-0.05, 0) is 31.6 Å². The van der Waals surface area contributed by atoms with E-state index >= 15 is 0 Å². The van der Waals surface area contributed by atoms with E-state index in [1.165, 1.54) is 44.6 Å². The summed E-state index contributed by atoms with van der Waals surface area (Å²) < 4.78 is 0. The summed E-state index contributed by atoms with van der Waals surface area (Å²) >= 11 is 0. The molecule has 3 heteroatoms. The number of hydrogen-bond acceptors (Lipinski definition) is 2. The molecule has 2 fully saturated rings. The minimum Gasteiger partial charge on any atom is -0.478 e. The van der Waals surface area contributed by atoms with Crippen molar-refractivity contribution in [3.63, 3.8) is 0 Å². The van der Waals surface area contributed by atoms with Crippen molar-refractivity contribution >= 4 is 5.97 Å². The Hall–Kier alpha value is -0.990. The summed E-state index contributed by atoms with van der Waals surface area (Å²) in [5, 5.41) is 8.63. The highest BCUT2D eigenvalue weighted by molar-refractivity contribution is 5.79. The summed E-state index contributed by atoms with van der Waals surface area (Å²) in [6.45, 7) is 1.03. The Bertz CT molecular complexity index is 260. The molecule has 2 aliphatic rings. The largest absolute Gasteiger partial charge is 0.478 e. The lowest BCUT2D eigenvalue weighted by atomic mass is 9.78. The van der Waals surface area contributed by atoms with E-state index in [1.54, 1.807) is 6.20 Å². The van der Waals surface area contributed by atoms with Gasteiger partial charge in [0.1, 0.15) is 0 Å². The maximum Gasteiger partial charge on any atom is 0.329 e. The fourth-order valence-electron chi connectivity index (χ4n) is 3.01. The average Bonchev–Trinajstić information content (AvgIpc) is 2.26. The summed E-state index contributed by atoms with van der Waals surface area (Å²) in [6, 6.07) is 0.614. The zero-order chi connectivity index (χ0) is 10.7. The van der Waals surface area contributed by atoms with E-state index in [0.717, 1.165) is 12.5 Å². The van der Waals surface area contributed by atoms with Crippen LogP contribution in [0.4, 0.5) is 0 Å². The topological polar surface area (TPSA) is 40.5 Å². The second kappa shape index (κ2) is 4.69. The number of rotatable bonds is 2. The molecule has 0 aromatic carbocycles. The van der Waals surface area contributed by atoms with Crippen LogP contribution in [-0.2, 0) is 4.79 Å². The first-order chi connectivity index (χ1) is 7.27. The second-order valence-corrected chi connectivity index (χ2v) is 4.65. The van der Waals surface area contributed by atoms with E-state index < -0.39 is 5.97 Å². The molecule has 3 nitrogen and oxygen atoms in total. The van der Waals surface area contributed by atoms with E-state index in [2.05, 4.69) is 4.90 Å². The highest BCUT2D eigenvalue weighted by atomic mass is 16.4. The van der Waals surface area contributed by atoms with Gasteiger partial charge in [0.05, 0.1) is 0 Å². The molecule has 0 spiro atoms. The Morgan fingerprint density at radius 3 is 2.73 bits per heavy atom. The highest BCUT2D eigenvalue weighted by Gasteiger charge is 2.31. The van der Waals surface area contributed by atoms with Crippen LogP contribution in [0.3, 0.4) is 0 Å². The van der Waals surface area contributed by atoms with Gasteiger partial charge in [0.2, 0.25) is 0 Å². The first kappa shape index (κ1) is 10.5. The van der Waals surface area contributed by atoms with Crippen LogP contribution in [0.25, 0.3) is 0 Å². The van der Waals surface area contributed by atoms with Gasteiger partial charge in [-0.3, -0.25) is 0 Å². The molecule has 0 bridgehead atoms. The van der Waals surface area contributed by atoms with Gasteiger partial charge in [-0.2, -0.15) is 0 Å². The quantitative estimate of drug-likeness (QED) is 0.709. The molecule has 0 aromatic rings. The molecule has 1 aliphatic carbocycles. The van der Waals surface area contributed by atoms with E-state index in [4.69, 9.17) is 5.11 Å². The van der Waals surface area contributed by atoms with Crippen molar-refractivity contribution in [1.82, 2.24) is 4.90 Å². The zero-order valence-corrected chi connectivity index (χ0v) is 9.06. The van der Waals surface area contributed by atoms with Gasteiger partial charge in [0.25, 0.3) is 0 Å². The van der Waals surface area contributed by atoms with E-state index in [1.807, 2.05) is 0 Å². The molecular formula is C12H19NO2. The maximum absolute atomic E-state index is 10.5. The minimum atomic E-state index is -0.840. The Kier molecular flexibility index (Phi) is 3.29. The Morgan fingerprint density at radius 1 is 1.20 bits per heavy atom. The maximum atomic E-state index is 10.5. The summed E-state index contributed by atoms with van der Waals surface area (Å²) in [4.78, 5) is 12.7. The molecule has 84 valence electrons. The molecule has 0 unspecified atom stereocenters. The first-order valence-electron chi connectivity index (χ1n) is 5.94. The monoisotopic (exact) mass is 209 g/mol. The van der Waals surface area contributed by atoms with Crippen molar-refractivity contribution in [2.45, 2.75) is 44.6 Å². The van der Waals surface area contributed by atoms with E-state index in [9.17, 15) is 4.79 Å². The number of nitrogens with zero attached hydrogens (tertiary/aromatic N) is 1. The number of likely N-dealkylation sites (tertiary alicyclic amines) is 1. The zero-order valence-electron chi connectivity index (χ0n) is 9.06. The number of carboxylic acid groups (broad SMARTS) is 1. The standard InChI is InChI=1S/C12H19NO2/c14-12(15)7-9-13-8-3-5-10-4-1-2-6-11(10)13/h7,9-11H,1-6,8H2,(H,14,15)/b9-7+/t10-,11-/m1/s1. The summed E-state index contributed by atoms with van der Waals surface area (Å²) in [6.07, 6.45) is 10.8. The molecule has 1 N–H and O–H groups in total. The molecule has 0 amide bonds. The third-order valence-electron chi connectivity index (χ3n) is 3.69. The molecular weight excluding hydrogens is 190 g/mol. The number of hydrogen-bond donors (Lipinski definition) is 1. The molecule has 1 saturated heterocycles. The third-order valence-corrected chi connectivity index (χ3v) is 3.69. The van der Waals surface area contributed by atoms with Gasteiger partial charge in [-0.25, -0.2) is 4.79 Å². The predicted octanol–water partition coefficient (Wildman–Crippen LogP) is 2.24. The molecule has 1 aliphatic heterocycles. The lowest BCUT2D eigenvalue weighted by molar-refractivity contribution is -0.131. The van der Waals surface area contributed by atoms with Crippen molar-refractivity contribution in [2.24, 2.45) is 5.92 Å². The summed E-state index contributed by atoms with van der Waals surface area (Å²) in [5.41, 5.74) is 0. The number of aliphatic carboxylic acids is 1. The van der Waals surface area contributed by atoms with Crippen molar-refractivity contribution in [1.29, 1.82) is 0 Å². The van der Waals surface area contributed by atoms with Crippen LogP contribution in [0.5, 0.6) is 0 Å². The van der Waals surface area contributed by atoms with E-state index in [0.29, 0.717) is 6.04 Å². The average molecular weight is 209 g/mol. The van der Waals surface area contributed by atoms with Gasteiger partial charge in [0, 0.05) is 24.9 Å². The number of piperidine rings is 1. The van der Waals surface area contributed by atoms with Crippen LogP contribution < -0.4 is 0 Å². The van der Waals surface area contributed by atoms with E-state index in [-0.39, 0.29) is 0 Å². The lowest BCUT2D eigenvalue weighted by Gasteiger charge is -2.43. The van der Waals surface area contributed by atoms with Crippen LogP contribution >= 0.6 is 0 Å². The Balaban J connectivity index is 2.00. The Morgan fingerprint density at radius 2 is 1.93 bits per heavy atom. The molecule has 15 heavy (non-hydrogen) atoms. The van der Waals surface area contributed by atoms with Crippen molar-refractivity contribution in [3.05, 3.63) is 12.3 Å². The smallest absolute Gasteiger partial charge is 0.329 e. The molecule has 1 saturated carbocycles. The van der Waals surface area contributed by atoms with Crippen LogP contribution in [0.15, 0.2) is 12.3 Å². The van der Waals surface area contributed by atoms with Crippen molar-refractivity contribution in [3.8, 4) is 0 Å². The predicted molar refractivity (Wildman–Crippen MR) is 58.5 cm³/mol. The Labute approximate surface area is 90.8 Å². The molecule has 1 heterocycles.